The first kappa shape index (κ1) is 19.8. The molecule has 0 bridgehead atoms. The van der Waals surface area contributed by atoms with Gasteiger partial charge in [-0.3, -0.25) is 4.79 Å². The lowest BCUT2D eigenvalue weighted by Crippen LogP contribution is -2.35. The molecule has 7 nitrogen and oxygen atoms in total. The molecule has 1 heterocycles. The van der Waals surface area contributed by atoms with E-state index >= 15 is 0 Å². The molecule has 0 radical (unpaired) electrons. The number of hydrogen-bond acceptors (Lipinski definition) is 7. The van der Waals surface area contributed by atoms with Gasteiger partial charge in [-0.05, 0) is 12.5 Å². The van der Waals surface area contributed by atoms with Gasteiger partial charge >= 0.3 is 12.1 Å². The van der Waals surface area contributed by atoms with Crippen LogP contribution >= 0.6 is 0 Å². The summed E-state index contributed by atoms with van der Waals surface area (Å²) < 4.78 is 27.1. The number of carbonyl (C=O) groups is 2. The monoisotopic (exact) mass is 378 g/mol. The molecule has 1 aromatic rings. The van der Waals surface area contributed by atoms with Crippen LogP contribution in [-0.4, -0.2) is 44.3 Å². The minimum atomic E-state index is -0.978. The van der Waals surface area contributed by atoms with Gasteiger partial charge in [0.1, 0.15) is 0 Å². The van der Waals surface area contributed by atoms with E-state index in [2.05, 4.69) is 0 Å². The van der Waals surface area contributed by atoms with E-state index in [1.54, 1.807) is 6.92 Å². The molecular weight excluding hydrogens is 352 g/mol. The SMILES string of the molecule is CCOC(=O)OC(=O)[C@@H]1CC2(OCCO2)[C@H](C)[C@H]1COCc1ccccc1. The Labute approximate surface area is 158 Å². The van der Waals surface area contributed by atoms with E-state index in [0.29, 0.717) is 32.8 Å². The lowest BCUT2D eigenvalue weighted by molar-refractivity contribution is -0.185. The highest BCUT2D eigenvalue weighted by molar-refractivity contribution is 5.84. The Balaban J connectivity index is 1.66. The van der Waals surface area contributed by atoms with Crippen LogP contribution in [0.4, 0.5) is 4.79 Å². The summed E-state index contributed by atoms with van der Waals surface area (Å²) in [6.45, 7) is 5.54. The third-order valence-electron chi connectivity index (χ3n) is 5.30. The van der Waals surface area contributed by atoms with E-state index in [0.717, 1.165) is 5.56 Å². The van der Waals surface area contributed by atoms with Gasteiger partial charge in [-0.15, -0.1) is 0 Å². The molecule has 0 aromatic heterocycles. The van der Waals surface area contributed by atoms with Crippen LogP contribution < -0.4 is 0 Å². The van der Waals surface area contributed by atoms with Gasteiger partial charge < -0.3 is 23.7 Å². The van der Waals surface area contributed by atoms with E-state index in [4.69, 9.17) is 23.7 Å². The molecule has 3 rings (SSSR count). The molecule has 1 aliphatic heterocycles. The Hall–Kier alpha value is -1.96. The van der Waals surface area contributed by atoms with Crippen LogP contribution in [0.3, 0.4) is 0 Å². The summed E-state index contributed by atoms with van der Waals surface area (Å²) in [6.07, 6.45) is -0.639. The molecule has 27 heavy (non-hydrogen) atoms. The van der Waals surface area contributed by atoms with Crippen LogP contribution in [0.5, 0.6) is 0 Å². The minimum absolute atomic E-state index is 0.0736. The van der Waals surface area contributed by atoms with Gasteiger partial charge in [-0.25, -0.2) is 4.79 Å². The molecule has 3 atom stereocenters. The van der Waals surface area contributed by atoms with Crippen molar-refractivity contribution >= 4 is 12.1 Å². The molecule has 1 saturated carbocycles. The third-order valence-corrected chi connectivity index (χ3v) is 5.30. The number of carbonyl (C=O) groups excluding carboxylic acids is 2. The molecule has 0 amide bonds. The Kier molecular flexibility index (Phi) is 6.46. The zero-order valence-corrected chi connectivity index (χ0v) is 15.7. The van der Waals surface area contributed by atoms with E-state index in [-0.39, 0.29) is 18.4 Å². The summed E-state index contributed by atoms with van der Waals surface area (Å²) in [7, 11) is 0. The quantitative estimate of drug-likeness (QED) is 0.556. The predicted octanol–water partition coefficient (Wildman–Crippen LogP) is 2.92. The summed E-state index contributed by atoms with van der Waals surface area (Å²) >= 11 is 0. The number of benzene rings is 1. The fraction of sp³-hybridized carbons (Fsp3) is 0.600. The fourth-order valence-corrected chi connectivity index (χ4v) is 3.88. The Morgan fingerprint density at radius 3 is 2.56 bits per heavy atom. The van der Waals surface area contributed by atoms with Gasteiger partial charge in [0.25, 0.3) is 0 Å². The molecule has 148 valence electrons. The first-order chi connectivity index (χ1) is 13.1. The van der Waals surface area contributed by atoms with Gasteiger partial charge in [0.2, 0.25) is 0 Å². The van der Waals surface area contributed by atoms with Crippen molar-refractivity contribution < 1.29 is 33.3 Å². The highest BCUT2D eigenvalue weighted by Crippen LogP contribution is 2.49. The highest BCUT2D eigenvalue weighted by Gasteiger charge is 2.58. The van der Waals surface area contributed by atoms with Gasteiger partial charge in [0, 0.05) is 18.3 Å². The molecule has 2 aliphatic rings. The molecule has 1 aromatic carbocycles. The first-order valence-corrected chi connectivity index (χ1v) is 9.34. The largest absolute Gasteiger partial charge is 0.516 e. The summed E-state index contributed by atoms with van der Waals surface area (Å²) in [4.78, 5) is 24.1. The average Bonchev–Trinajstić information content (AvgIpc) is 3.24. The van der Waals surface area contributed by atoms with Crippen LogP contribution in [0.2, 0.25) is 0 Å². The lowest BCUT2D eigenvalue weighted by atomic mass is 9.90. The summed E-state index contributed by atoms with van der Waals surface area (Å²) in [5.41, 5.74) is 1.05. The van der Waals surface area contributed by atoms with Crippen LogP contribution in [0.25, 0.3) is 0 Å². The normalized spacial score (nSPS) is 26.2. The highest BCUT2D eigenvalue weighted by atomic mass is 16.7. The van der Waals surface area contributed by atoms with Crippen LogP contribution in [0, 0.1) is 17.8 Å². The zero-order valence-electron chi connectivity index (χ0n) is 15.7. The maximum atomic E-state index is 12.6. The predicted molar refractivity (Wildman–Crippen MR) is 94.6 cm³/mol. The molecule has 1 spiro atoms. The van der Waals surface area contributed by atoms with E-state index < -0.39 is 23.8 Å². The van der Waals surface area contributed by atoms with Crippen LogP contribution in [-0.2, 0) is 35.1 Å². The fourth-order valence-electron chi connectivity index (χ4n) is 3.88. The van der Waals surface area contributed by atoms with Crippen molar-refractivity contribution in [3.8, 4) is 0 Å². The van der Waals surface area contributed by atoms with Crippen molar-refractivity contribution in [2.45, 2.75) is 32.7 Å². The topological polar surface area (TPSA) is 80.3 Å². The van der Waals surface area contributed by atoms with Gasteiger partial charge in [0.15, 0.2) is 5.79 Å². The van der Waals surface area contributed by atoms with Gasteiger partial charge in [-0.2, -0.15) is 0 Å². The van der Waals surface area contributed by atoms with Gasteiger partial charge in [-0.1, -0.05) is 37.3 Å². The number of ether oxygens (including phenoxy) is 5. The minimum Gasteiger partial charge on any atom is -0.434 e. The summed E-state index contributed by atoms with van der Waals surface area (Å²) in [5.74, 6) is -2.26. The number of hydrogen-bond donors (Lipinski definition) is 0. The lowest BCUT2D eigenvalue weighted by Gasteiger charge is -2.29. The maximum Gasteiger partial charge on any atom is 0.516 e. The van der Waals surface area contributed by atoms with E-state index in [1.165, 1.54) is 0 Å². The summed E-state index contributed by atoms with van der Waals surface area (Å²) in [5, 5.41) is 0. The Morgan fingerprint density at radius 1 is 1.19 bits per heavy atom. The molecule has 2 fully saturated rings. The standard InChI is InChI=1S/C20H26O7/c1-3-24-19(22)27-18(21)16-11-20(25-9-10-26-20)14(2)17(16)13-23-12-15-7-5-4-6-8-15/h4-8,14,16-17H,3,9-13H2,1-2H3/t14-,16-,17-/m1/s1. The van der Waals surface area contributed by atoms with E-state index in [9.17, 15) is 9.59 Å². The smallest absolute Gasteiger partial charge is 0.434 e. The number of esters is 1. The van der Waals surface area contributed by atoms with Crippen molar-refractivity contribution in [2.75, 3.05) is 26.4 Å². The molecule has 0 unspecified atom stereocenters. The van der Waals surface area contributed by atoms with Crippen LogP contribution in [0.15, 0.2) is 30.3 Å². The Bertz CT molecular complexity index is 639. The van der Waals surface area contributed by atoms with Crippen molar-refractivity contribution in [3.05, 3.63) is 35.9 Å². The van der Waals surface area contributed by atoms with E-state index in [1.807, 2.05) is 37.3 Å². The molecular formula is C20H26O7. The van der Waals surface area contributed by atoms with Crippen molar-refractivity contribution in [2.24, 2.45) is 17.8 Å². The first-order valence-electron chi connectivity index (χ1n) is 9.34. The second-order valence-corrected chi connectivity index (χ2v) is 6.88. The molecule has 0 N–H and O–H groups in total. The summed E-state index contributed by atoms with van der Waals surface area (Å²) in [6, 6.07) is 9.81. The number of rotatable bonds is 6. The van der Waals surface area contributed by atoms with Crippen molar-refractivity contribution in [3.63, 3.8) is 0 Å². The van der Waals surface area contributed by atoms with Crippen molar-refractivity contribution in [1.29, 1.82) is 0 Å². The second-order valence-electron chi connectivity index (χ2n) is 6.88. The molecule has 7 heteroatoms. The Morgan fingerprint density at radius 2 is 1.89 bits per heavy atom. The zero-order chi connectivity index (χ0) is 19.3. The van der Waals surface area contributed by atoms with Crippen LogP contribution in [0.1, 0.15) is 25.8 Å². The molecule has 1 saturated heterocycles. The average molecular weight is 378 g/mol. The van der Waals surface area contributed by atoms with Gasteiger partial charge in [0.05, 0.1) is 39.0 Å². The maximum absolute atomic E-state index is 12.6. The molecule has 1 aliphatic carbocycles. The van der Waals surface area contributed by atoms with Crippen molar-refractivity contribution in [1.82, 2.24) is 0 Å². The third kappa shape index (κ3) is 4.48. The second kappa shape index (κ2) is 8.82.